The highest BCUT2D eigenvalue weighted by Crippen LogP contribution is 2.25. The van der Waals surface area contributed by atoms with E-state index in [9.17, 15) is 4.79 Å². The third-order valence-electron chi connectivity index (χ3n) is 4.42. The third-order valence-corrected chi connectivity index (χ3v) is 5.04. The Bertz CT molecular complexity index is 1300. The van der Waals surface area contributed by atoms with Crippen LogP contribution in [0, 0.1) is 0 Å². The second-order valence-corrected chi connectivity index (χ2v) is 7.32. The lowest BCUT2D eigenvalue weighted by Gasteiger charge is -2.09. The highest BCUT2D eigenvalue weighted by molar-refractivity contribution is 9.10. The van der Waals surface area contributed by atoms with E-state index in [1.165, 1.54) is 4.68 Å². The second kappa shape index (κ2) is 8.88. The smallest absolute Gasteiger partial charge is 0.282 e. The molecule has 0 radical (unpaired) electrons. The van der Waals surface area contributed by atoms with Gasteiger partial charge in [-0.15, -0.1) is 0 Å². The van der Waals surface area contributed by atoms with E-state index >= 15 is 0 Å². The number of ether oxygens (including phenoxy) is 1. The van der Waals surface area contributed by atoms with Gasteiger partial charge in [0, 0.05) is 5.56 Å². The molecule has 5 nitrogen and oxygen atoms in total. The fraction of sp³-hybridized carbons (Fsp3) is 0.0417. The Labute approximate surface area is 182 Å². The zero-order chi connectivity index (χ0) is 20.9. The average Bonchev–Trinajstić information content (AvgIpc) is 2.78. The molecule has 0 fully saturated rings. The summed E-state index contributed by atoms with van der Waals surface area (Å²) in [7, 11) is 0. The Morgan fingerprint density at radius 3 is 2.60 bits per heavy atom. The Kier molecular flexibility index (Phi) is 5.86. The largest absolute Gasteiger partial charge is 0.488 e. The number of nitrogens with zero attached hydrogens (tertiary/aromatic N) is 3. The summed E-state index contributed by atoms with van der Waals surface area (Å²) in [6.07, 6.45) is 3.32. The molecule has 0 N–H and O–H groups in total. The quantitative estimate of drug-likeness (QED) is 0.291. The molecule has 0 aliphatic heterocycles. The van der Waals surface area contributed by atoms with E-state index in [0.29, 0.717) is 29.1 Å². The van der Waals surface area contributed by atoms with Gasteiger partial charge in [0.2, 0.25) is 0 Å². The molecule has 148 valence electrons. The Morgan fingerprint density at radius 1 is 1.07 bits per heavy atom. The van der Waals surface area contributed by atoms with Crippen molar-refractivity contribution in [3.8, 4) is 17.1 Å². The molecule has 0 atom stereocenters. The van der Waals surface area contributed by atoms with E-state index in [1.807, 2.05) is 66.7 Å². The minimum atomic E-state index is -0.222. The fourth-order valence-electron chi connectivity index (χ4n) is 2.99. The van der Waals surface area contributed by atoms with Crippen LogP contribution in [0.25, 0.3) is 22.3 Å². The first-order valence-corrected chi connectivity index (χ1v) is 10.1. The van der Waals surface area contributed by atoms with Crippen LogP contribution in [0.4, 0.5) is 0 Å². The van der Waals surface area contributed by atoms with Crippen LogP contribution < -0.4 is 10.3 Å². The summed E-state index contributed by atoms with van der Waals surface area (Å²) < 4.78 is 7.71. The molecule has 1 heterocycles. The molecule has 0 bridgehead atoms. The molecule has 4 rings (SSSR count). The number of para-hydroxylation sites is 1. The van der Waals surface area contributed by atoms with Crippen LogP contribution in [0.3, 0.4) is 0 Å². The summed E-state index contributed by atoms with van der Waals surface area (Å²) in [6.45, 7) is 4.07. The van der Waals surface area contributed by atoms with Gasteiger partial charge in [-0.2, -0.15) is 9.78 Å². The molecule has 0 aliphatic carbocycles. The van der Waals surface area contributed by atoms with Crippen molar-refractivity contribution in [3.63, 3.8) is 0 Å². The molecule has 0 unspecified atom stereocenters. The van der Waals surface area contributed by atoms with E-state index in [0.717, 1.165) is 15.6 Å². The van der Waals surface area contributed by atoms with Crippen molar-refractivity contribution in [2.24, 2.45) is 5.10 Å². The van der Waals surface area contributed by atoms with Gasteiger partial charge in [0.05, 0.1) is 21.6 Å². The first-order chi connectivity index (χ1) is 14.7. The summed E-state index contributed by atoms with van der Waals surface area (Å²) in [6, 6.07) is 22.4. The van der Waals surface area contributed by atoms with Crippen LogP contribution in [0.2, 0.25) is 0 Å². The maximum atomic E-state index is 13.2. The first-order valence-electron chi connectivity index (χ1n) is 9.32. The van der Waals surface area contributed by atoms with E-state index in [-0.39, 0.29) is 5.56 Å². The van der Waals surface area contributed by atoms with Gasteiger partial charge in [-0.1, -0.05) is 55.1 Å². The van der Waals surface area contributed by atoms with Crippen molar-refractivity contribution in [1.29, 1.82) is 0 Å². The van der Waals surface area contributed by atoms with Crippen LogP contribution in [0.1, 0.15) is 5.56 Å². The standard InChI is InChI=1S/C24H18BrN3O2/c1-2-14-30-22-13-12-17(15-20(22)25)16-26-28-23(18-8-4-3-5-9-18)27-21-11-7-6-10-19(21)24(28)29/h2-13,15-16H,1,14H2. The molecule has 0 saturated carbocycles. The third kappa shape index (κ3) is 4.09. The van der Waals surface area contributed by atoms with Crippen LogP contribution in [-0.2, 0) is 0 Å². The average molecular weight is 460 g/mol. The number of halogens is 1. The van der Waals surface area contributed by atoms with Crippen LogP contribution in [0.5, 0.6) is 5.75 Å². The van der Waals surface area contributed by atoms with Crippen LogP contribution in [-0.4, -0.2) is 22.5 Å². The van der Waals surface area contributed by atoms with E-state index < -0.39 is 0 Å². The Balaban J connectivity index is 1.80. The summed E-state index contributed by atoms with van der Waals surface area (Å²) in [4.78, 5) is 17.8. The monoisotopic (exact) mass is 459 g/mol. The van der Waals surface area contributed by atoms with Gasteiger partial charge >= 0.3 is 0 Å². The van der Waals surface area contributed by atoms with Crippen molar-refractivity contribution in [2.45, 2.75) is 0 Å². The van der Waals surface area contributed by atoms with Crippen molar-refractivity contribution >= 4 is 33.0 Å². The number of hydrogen-bond donors (Lipinski definition) is 0. The van der Waals surface area contributed by atoms with Gasteiger partial charge in [-0.3, -0.25) is 4.79 Å². The summed E-state index contributed by atoms with van der Waals surface area (Å²) in [5.74, 6) is 1.20. The maximum absolute atomic E-state index is 13.2. The minimum Gasteiger partial charge on any atom is -0.488 e. The van der Waals surface area contributed by atoms with E-state index in [1.54, 1.807) is 18.4 Å². The molecular weight excluding hydrogens is 442 g/mol. The number of benzene rings is 3. The molecule has 30 heavy (non-hydrogen) atoms. The molecule has 0 aliphatic rings. The predicted molar refractivity (Wildman–Crippen MR) is 124 cm³/mol. The predicted octanol–water partition coefficient (Wildman–Crippen LogP) is 5.27. The second-order valence-electron chi connectivity index (χ2n) is 6.47. The van der Waals surface area contributed by atoms with Crippen LogP contribution >= 0.6 is 15.9 Å². The minimum absolute atomic E-state index is 0.222. The number of aromatic nitrogens is 2. The molecule has 4 aromatic rings. The lowest BCUT2D eigenvalue weighted by Crippen LogP contribution is -2.20. The van der Waals surface area contributed by atoms with Gasteiger partial charge in [-0.25, -0.2) is 4.98 Å². The SMILES string of the molecule is C=CCOc1ccc(C=Nn2c(-c3ccccc3)nc3ccccc3c2=O)cc1Br. The van der Waals surface area contributed by atoms with E-state index in [4.69, 9.17) is 9.72 Å². The first kappa shape index (κ1) is 19.8. The molecular formula is C24H18BrN3O2. The Morgan fingerprint density at radius 2 is 1.83 bits per heavy atom. The number of rotatable bonds is 6. The van der Waals surface area contributed by atoms with Gasteiger partial charge in [0.15, 0.2) is 5.82 Å². The number of hydrogen-bond acceptors (Lipinski definition) is 4. The summed E-state index contributed by atoms with van der Waals surface area (Å²) >= 11 is 3.50. The summed E-state index contributed by atoms with van der Waals surface area (Å²) in [5.41, 5.74) is 2.04. The highest BCUT2D eigenvalue weighted by atomic mass is 79.9. The van der Waals surface area contributed by atoms with Crippen molar-refractivity contribution < 1.29 is 4.74 Å². The molecule has 0 spiro atoms. The molecule has 6 heteroatoms. The lowest BCUT2D eigenvalue weighted by molar-refractivity contribution is 0.361. The zero-order valence-corrected chi connectivity index (χ0v) is 17.6. The van der Waals surface area contributed by atoms with E-state index in [2.05, 4.69) is 27.6 Å². The van der Waals surface area contributed by atoms with Crippen molar-refractivity contribution in [1.82, 2.24) is 9.66 Å². The van der Waals surface area contributed by atoms with Gasteiger partial charge < -0.3 is 4.74 Å². The summed E-state index contributed by atoms with van der Waals surface area (Å²) in [5, 5.41) is 4.99. The lowest BCUT2D eigenvalue weighted by atomic mass is 10.2. The molecule has 1 aromatic heterocycles. The molecule has 0 amide bonds. The topological polar surface area (TPSA) is 56.5 Å². The fourth-order valence-corrected chi connectivity index (χ4v) is 3.50. The molecule has 3 aromatic carbocycles. The number of fused-ring (bicyclic) bond motifs is 1. The van der Waals surface area contributed by atoms with Gasteiger partial charge in [0.25, 0.3) is 5.56 Å². The normalized spacial score (nSPS) is 11.1. The van der Waals surface area contributed by atoms with Gasteiger partial charge in [0.1, 0.15) is 12.4 Å². The van der Waals surface area contributed by atoms with Crippen molar-refractivity contribution in [2.75, 3.05) is 6.61 Å². The highest BCUT2D eigenvalue weighted by Gasteiger charge is 2.12. The zero-order valence-electron chi connectivity index (χ0n) is 16.0. The van der Waals surface area contributed by atoms with Gasteiger partial charge in [-0.05, 0) is 51.8 Å². The maximum Gasteiger partial charge on any atom is 0.282 e. The Hall–Kier alpha value is -3.51. The van der Waals surface area contributed by atoms with Crippen molar-refractivity contribution in [3.05, 3.63) is 106 Å². The van der Waals surface area contributed by atoms with Crippen LogP contribution in [0.15, 0.2) is 99.8 Å². The molecule has 0 saturated heterocycles.